The monoisotopic (exact) mass is 363 g/mol. The molecule has 0 bridgehead atoms. The Labute approximate surface area is 148 Å². The molecule has 6 nitrogen and oxygen atoms in total. The zero-order valence-corrected chi connectivity index (χ0v) is 13.8. The molecule has 0 fully saturated rings. The Morgan fingerprint density at radius 1 is 0.960 bits per heavy atom. The summed E-state index contributed by atoms with van der Waals surface area (Å²) >= 11 is 5.78. The number of hydrogen-bond acceptors (Lipinski definition) is 3. The fourth-order valence-electron chi connectivity index (χ4n) is 1.91. The van der Waals surface area contributed by atoms with Gasteiger partial charge in [0.15, 0.2) is 0 Å². The third kappa shape index (κ3) is 6.23. The predicted molar refractivity (Wildman–Crippen MR) is 90.2 cm³/mol. The smallest absolute Gasteiger partial charge is 0.257 e. The van der Waals surface area contributed by atoms with Crippen molar-refractivity contribution in [2.24, 2.45) is 0 Å². The van der Waals surface area contributed by atoms with Gasteiger partial charge in [-0.25, -0.2) is 4.39 Å². The quantitative estimate of drug-likeness (QED) is 0.705. The second-order valence-electron chi connectivity index (χ2n) is 5.09. The number of benzene rings is 2. The van der Waals surface area contributed by atoms with E-state index < -0.39 is 23.5 Å². The van der Waals surface area contributed by atoms with Gasteiger partial charge in [0.1, 0.15) is 5.82 Å². The van der Waals surface area contributed by atoms with Crippen LogP contribution in [-0.4, -0.2) is 24.3 Å². The highest BCUT2D eigenvalue weighted by Crippen LogP contribution is 2.10. The number of halogens is 2. The van der Waals surface area contributed by atoms with Crippen LogP contribution in [0, 0.1) is 5.82 Å². The lowest BCUT2D eigenvalue weighted by Gasteiger charge is -2.09. The lowest BCUT2D eigenvalue weighted by molar-refractivity contribution is -0.128. The Morgan fingerprint density at radius 2 is 1.64 bits per heavy atom. The van der Waals surface area contributed by atoms with Crippen molar-refractivity contribution in [2.45, 2.75) is 6.42 Å². The molecular formula is C17H15ClFN3O3. The lowest BCUT2D eigenvalue weighted by Crippen LogP contribution is -2.46. The van der Waals surface area contributed by atoms with Crippen LogP contribution in [0.4, 0.5) is 4.39 Å². The van der Waals surface area contributed by atoms with E-state index in [9.17, 15) is 18.8 Å². The minimum absolute atomic E-state index is 0.0184. The Morgan fingerprint density at radius 3 is 2.32 bits per heavy atom. The number of hydrazine groups is 1. The summed E-state index contributed by atoms with van der Waals surface area (Å²) in [4.78, 5) is 35.1. The van der Waals surface area contributed by atoms with Crippen molar-refractivity contribution in [3.05, 3.63) is 70.5 Å². The van der Waals surface area contributed by atoms with Crippen LogP contribution in [0.15, 0.2) is 48.5 Å². The van der Waals surface area contributed by atoms with E-state index in [0.717, 1.165) is 0 Å². The molecule has 0 saturated heterocycles. The first-order valence-corrected chi connectivity index (χ1v) is 7.68. The molecule has 0 spiro atoms. The molecule has 0 aliphatic heterocycles. The summed E-state index contributed by atoms with van der Waals surface area (Å²) in [7, 11) is 0. The predicted octanol–water partition coefficient (Wildman–Crippen LogP) is 1.60. The van der Waals surface area contributed by atoms with Crippen LogP contribution in [-0.2, 0) is 16.0 Å². The molecule has 2 aromatic carbocycles. The van der Waals surface area contributed by atoms with E-state index >= 15 is 0 Å². The highest BCUT2D eigenvalue weighted by atomic mass is 35.5. The molecule has 3 N–H and O–H groups in total. The lowest BCUT2D eigenvalue weighted by atomic mass is 10.1. The average Bonchev–Trinajstić information content (AvgIpc) is 2.60. The first-order valence-electron chi connectivity index (χ1n) is 7.30. The SMILES string of the molecule is O=C(CNC(=O)c1cccc(Cl)c1)NNC(=O)Cc1ccc(F)cc1. The molecule has 0 aliphatic carbocycles. The van der Waals surface area contributed by atoms with E-state index in [1.54, 1.807) is 18.2 Å². The largest absolute Gasteiger partial charge is 0.343 e. The van der Waals surface area contributed by atoms with Gasteiger partial charge in [-0.1, -0.05) is 29.8 Å². The number of nitrogens with one attached hydrogen (secondary N) is 3. The molecule has 2 aromatic rings. The zero-order valence-electron chi connectivity index (χ0n) is 13.0. The van der Waals surface area contributed by atoms with Gasteiger partial charge in [-0.15, -0.1) is 0 Å². The molecule has 0 heterocycles. The van der Waals surface area contributed by atoms with Crippen LogP contribution < -0.4 is 16.2 Å². The molecule has 8 heteroatoms. The van der Waals surface area contributed by atoms with Crippen molar-refractivity contribution in [1.82, 2.24) is 16.2 Å². The summed E-state index contributed by atoms with van der Waals surface area (Å²) in [5.41, 5.74) is 5.31. The summed E-state index contributed by atoms with van der Waals surface area (Å²) < 4.78 is 12.8. The summed E-state index contributed by atoms with van der Waals surface area (Å²) in [5.74, 6) is -1.92. The minimum Gasteiger partial charge on any atom is -0.343 e. The van der Waals surface area contributed by atoms with Crippen LogP contribution in [0.2, 0.25) is 5.02 Å². The Kier molecular flexibility index (Phi) is 6.47. The average molecular weight is 364 g/mol. The highest BCUT2D eigenvalue weighted by Gasteiger charge is 2.09. The molecule has 0 radical (unpaired) electrons. The second kappa shape index (κ2) is 8.79. The molecule has 2 rings (SSSR count). The molecule has 130 valence electrons. The first-order chi connectivity index (χ1) is 11.9. The van der Waals surface area contributed by atoms with Gasteiger partial charge >= 0.3 is 0 Å². The van der Waals surface area contributed by atoms with Crippen molar-refractivity contribution in [2.75, 3.05) is 6.54 Å². The third-order valence-corrected chi connectivity index (χ3v) is 3.35. The number of carbonyl (C=O) groups excluding carboxylic acids is 3. The van der Waals surface area contributed by atoms with E-state index in [0.29, 0.717) is 16.1 Å². The third-order valence-electron chi connectivity index (χ3n) is 3.12. The highest BCUT2D eigenvalue weighted by molar-refractivity contribution is 6.30. The molecule has 0 aliphatic rings. The number of amides is 3. The summed E-state index contributed by atoms with van der Waals surface area (Å²) in [5, 5.41) is 2.81. The topological polar surface area (TPSA) is 87.3 Å². The van der Waals surface area contributed by atoms with Crippen LogP contribution in [0.5, 0.6) is 0 Å². The first kappa shape index (κ1) is 18.4. The fourth-order valence-corrected chi connectivity index (χ4v) is 2.10. The Bertz CT molecular complexity index is 781. The van der Waals surface area contributed by atoms with Crippen LogP contribution in [0.1, 0.15) is 15.9 Å². The molecule has 0 saturated carbocycles. The van der Waals surface area contributed by atoms with Gasteiger partial charge in [0, 0.05) is 10.6 Å². The fraction of sp³-hybridized carbons (Fsp3) is 0.118. The summed E-state index contributed by atoms with van der Waals surface area (Å²) in [6, 6.07) is 11.7. The molecule has 0 aromatic heterocycles. The van der Waals surface area contributed by atoms with E-state index in [1.807, 2.05) is 0 Å². The van der Waals surface area contributed by atoms with Crippen molar-refractivity contribution in [3.8, 4) is 0 Å². The molecule has 0 atom stereocenters. The van der Waals surface area contributed by atoms with Gasteiger partial charge in [0.25, 0.3) is 11.8 Å². The van der Waals surface area contributed by atoms with Crippen LogP contribution in [0.3, 0.4) is 0 Å². The molecule has 0 unspecified atom stereocenters. The van der Waals surface area contributed by atoms with Gasteiger partial charge in [-0.2, -0.15) is 0 Å². The molecule has 3 amide bonds. The van der Waals surface area contributed by atoms with Crippen molar-refractivity contribution < 1.29 is 18.8 Å². The maximum atomic E-state index is 12.8. The van der Waals surface area contributed by atoms with E-state index in [2.05, 4.69) is 16.2 Å². The van der Waals surface area contributed by atoms with Gasteiger partial charge < -0.3 is 5.32 Å². The summed E-state index contributed by atoms with van der Waals surface area (Å²) in [6.07, 6.45) is -0.0184. The van der Waals surface area contributed by atoms with Crippen LogP contribution >= 0.6 is 11.6 Å². The number of rotatable bonds is 5. The maximum Gasteiger partial charge on any atom is 0.257 e. The summed E-state index contributed by atoms with van der Waals surface area (Å²) in [6.45, 7) is -0.317. The van der Waals surface area contributed by atoms with Gasteiger partial charge in [0.05, 0.1) is 13.0 Å². The normalized spacial score (nSPS) is 10.0. The van der Waals surface area contributed by atoms with Crippen molar-refractivity contribution in [3.63, 3.8) is 0 Å². The van der Waals surface area contributed by atoms with E-state index in [4.69, 9.17) is 11.6 Å². The van der Waals surface area contributed by atoms with Crippen molar-refractivity contribution >= 4 is 29.3 Å². The molecular weight excluding hydrogens is 349 g/mol. The van der Waals surface area contributed by atoms with E-state index in [1.165, 1.54) is 30.3 Å². The molecule has 25 heavy (non-hydrogen) atoms. The Balaban J connectivity index is 1.72. The number of carbonyl (C=O) groups is 3. The standard InChI is InChI=1S/C17H15ClFN3O3/c18-13-3-1-2-12(9-13)17(25)20-10-16(24)22-21-15(23)8-11-4-6-14(19)7-5-11/h1-7,9H,8,10H2,(H,20,25)(H,21,23)(H,22,24). The maximum absolute atomic E-state index is 12.8. The Hall–Kier alpha value is -2.93. The van der Waals surface area contributed by atoms with Gasteiger partial charge in [0.2, 0.25) is 5.91 Å². The van der Waals surface area contributed by atoms with E-state index in [-0.39, 0.29) is 13.0 Å². The van der Waals surface area contributed by atoms with Crippen LogP contribution in [0.25, 0.3) is 0 Å². The van der Waals surface area contributed by atoms with Gasteiger partial charge in [-0.05, 0) is 35.9 Å². The second-order valence-corrected chi connectivity index (χ2v) is 5.53. The zero-order chi connectivity index (χ0) is 18.2. The van der Waals surface area contributed by atoms with Crippen molar-refractivity contribution in [1.29, 1.82) is 0 Å². The van der Waals surface area contributed by atoms with Gasteiger partial charge in [-0.3, -0.25) is 25.2 Å². The number of hydrogen-bond donors (Lipinski definition) is 3. The minimum atomic E-state index is -0.595.